The molecule has 0 unspecified atom stereocenters. The first-order valence-electron chi connectivity index (χ1n) is 17.7. The lowest BCUT2D eigenvalue weighted by atomic mass is 9.94. The minimum atomic E-state index is -1.22. The van der Waals surface area contributed by atoms with Crippen LogP contribution in [0.2, 0.25) is 0 Å². The van der Waals surface area contributed by atoms with E-state index in [9.17, 15) is 33.6 Å². The second-order valence-electron chi connectivity index (χ2n) is 13.5. The van der Waals surface area contributed by atoms with Crippen molar-refractivity contribution < 1.29 is 38.7 Å². The van der Waals surface area contributed by atoms with Crippen LogP contribution in [-0.2, 0) is 40.0 Å². The summed E-state index contributed by atoms with van der Waals surface area (Å²) >= 11 is 4.28. The van der Waals surface area contributed by atoms with E-state index in [0.717, 1.165) is 10.9 Å². The summed E-state index contributed by atoms with van der Waals surface area (Å²) in [5.74, 6) is -5.72. The quantitative estimate of drug-likeness (QED) is 0.0848. The third-order valence-electron chi connectivity index (χ3n) is 9.08. The number of thiol groups is 1. The maximum atomic E-state index is 14.0. The molecule has 2 rings (SSSR count). The summed E-state index contributed by atoms with van der Waals surface area (Å²) < 4.78 is 0. The zero-order valence-corrected chi connectivity index (χ0v) is 31.9. The van der Waals surface area contributed by atoms with E-state index in [2.05, 4.69) is 49.5 Å². The summed E-state index contributed by atoms with van der Waals surface area (Å²) in [6.07, 6.45) is 2.56. The number of rotatable bonds is 21. The lowest BCUT2D eigenvalue weighted by Gasteiger charge is -2.30. The number of carbonyl (C=O) groups is 7. The number of fused-ring (bicyclic) bond motifs is 1. The predicted molar refractivity (Wildman–Crippen MR) is 200 cm³/mol. The van der Waals surface area contributed by atoms with Crippen LogP contribution in [0.15, 0.2) is 30.5 Å². The molecule has 1 heterocycles. The molecule has 0 radical (unpaired) electrons. The van der Waals surface area contributed by atoms with Gasteiger partial charge in [0.25, 0.3) is 0 Å². The Hall–Kier alpha value is -4.60. The number of carboxylic acid groups (broad SMARTS) is 1. The largest absolute Gasteiger partial charge is 0.481 e. The smallest absolute Gasteiger partial charge is 0.305 e. The number of aromatic nitrogens is 1. The van der Waals surface area contributed by atoms with Crippen LogP contribution in [0.4, 0.5) is 0 Å². The number of H-pyrrole nitrogens is 1. The molecule has 0 spiro atoms. The monoisotopic (exact) mass is 745 g/mol. The van der Waals surface area contributed by atoms with Gasteiger partial charge in [-0.25, -0.2) is 0 Å². The van der Waals surface area contributed by atoms with Crippen molar-refractivity contribution >= 4 is 64.9 Å². The highest BCUT2D eigenvalue weighted by Crippen LogP contribution is 2.20. The number of carboxylic acids is 1. The molecule has 6 amide bonds. The third-order valence-corrected chi connectivity index (χ3v) is 9.45. The molecule has 0 aliphatic heterocycles. The fourth-order valence-corrected chi connectivity index (χ4v) is 5.77. The highest BCUT2D eigenvalue weighted by Gasteiger charge is 2.35. The van der Waals surface area contributed by atoms with E-state index >= 15 is 0 Å². The normalized spacial score (nSPS) is 15.2. The molecule has 2 aromatic rings. The van der Waals surface area contributed by atoms with Crippen LogP contribution in [0.3, 0.4) is 0 Å². The Bertz CT molecular complexity index is 1560. The molecule has 0 aliphatic carbocycles. The van der Waals surface area contributed by atoms with E-state index in [1.54, 1.807) is 27.0 Å². The van der Waals surface area contributed by atoms with E-state index in [0.29, 0.717) is 18.4 Å². The second kappa shape index (κ2) is 21.1. The van der Waals surface area contributed by atoms with Gasteiger partial charge in [0.1, 0.15) is 30.2 Å². The van der Waals surface area contributed by atoms with E-state index in [4.69, 9.17) is 5.11 Å². The first kappa shape index (κ1) is 43.6. The van der Waals surface area contributed by atoms with Crippen LogP contribution < -0.4 is 31.9 Å². The minimum Gasteiger partial charge on any atom is -0.481 e. The number of hydrogen-bond donors (Lipinski definition) is 9. The number of benzene rings is 1. The SMILES string of the molecule is CC[C@H](C)[C@H](NC(C)=O)C(=O)N[C@H](C(=O)N[C@@H](Cc1c[nH]c2ccccc12)C(=O)N[C@@H](CS)C(=O)N[C@H](C(=O)NCCC(=O)O)C(C)C)[C@@H](C)CC. The van der Waals surface area contributed by atoms with Gasteiger partial charge in [-0.2, -0.15) is 12.6 Å². The number of nitrogens with one attached hydrogen (secondary N) is 7. The predicted octanol–water partition coefficient (Wildman–Crippen LogP) is 1.42. The van der Waals surface area contributed by atoms with Crippen molar-refractivity contribution in [2.75, 3.05) is 12.3 Å². The Morgan fingerprint density at radius 1 is 0.731 bits per heavy atom. The molecule has 288 valence electrons. The van der Waals surface area contributed by atoms with Gasteiger partial charge in [0.2, 0.25) is 35.4 Å². The van der Waals surface area contributed by atoms with E-state index < -0.39 is 65.7 Å². The third kappa shape index (κ3) is 12.9. The molecule has 52 heavy (non-hydrogen) atoms. The van der Waals surface area contributed by atoms with Crippen molar-refractivity contribution in [1.82, 2.24) is 36.9 Å². The molecule has 0 bridgehead atoms. The molecule has 0 saturated heterocycles. The Labute approximate surface area is 310 Å². The molecule has 0 saturated carbocycles. The van der Waals surface area contributed by atoms with Gasteiger partial charge in [-0.3, -0.25) is 33.6 Å². The van der Waals surface area contributed by atoms with Crippen molar-refractivity contribution in [2.45, 2.75) is 104 Å². The Kier molecular flexibility index (Phi) is 17.6. The summed E-state index contributed by atoms with van der Waals surface area (Å²) in [5, 5.41) is 25.8. The van der Waals surface area contributed by atoms with Crippen LogP contribution in [0, 0.1) is 17.8 Å². The molecule has 1 aromatic carbocycles. The minimum absolute atomic E-state index is 0.0195. The zero-order chi connectivity index (χ0) is 39.1. The highest BCUT2D eigenvalue weighted by atomic mass is 32.1. The van der Waals surface area contributed by atoms with E-state index in [-0.39, 0.29) is 48.8 Å². The summed E-state index contributed by atoms with van der Waals surface area (Å²) in [5.41, 5.74) is 1.53. The fraction of sp³-hybridized carbons (Fsp3) is 0.583. The van der Waals surface area contributed by atoms with Crippen LogP contribution in [0.25, 0.3) is 10.9 Å². The molecule has 15 nitrogen and oxygen atoms in total. The van der Waals surface area contributed by atoms with Gasteiger partial charge < -0.3 is 42.0 Å². The topological polar surface area (TPSA) is 228 Å². The highest BCUT2D eigenvalue weighted by molar-refractivity contribution is 7.80. The molecule has 1 aromatic heterocycles. The lowest BCUT2D eigenvalue weighted by molar-refractivity contribution is -0.137. The molecular formula is C36H55N7O8S. The maximum absolute atomic E-state index is 14.0. The van der Waals surface area contributed by atoms with Crippen molar-refractivity contribution in [3.63, 3.8) is 0 Å². The number of carbonyl (C=O) groups excluding carboxylic acids is 6. The Morgan fingerprint density at radius 2 is 1.27 bits per heavy atom. The second-order valence-corrected chi connectivity index (χ2v) is 13.8. The summed E-state index contributed by atoms with van der Waals surface area (Å²) in [6, 6.07) is 2.03. The average Bonchev–Trinajstić information content (AvgIpc) is 3.51. The van der Waals surface area contributed by atoms with Gasteiger partial charge in [-0.05, 0) is 29.4 Å². The molecule has 0 fully saturated rings. The molecule has 7 atom stereocenters. The van der Waals surface area contributed by atoms with E-state index in [1.807, 2.05) is 45.0 Å². The van der Waals surface area contributed by atoms with Gasteiger partial charge >= 0.3 is 5.97 Å². The van der Waals surface area contributed by atoms with Gasteiger partial charge in [-0.15, -0.1) is 0 Å². The Morgan fingerprint density at radius 3 is 1.83 bits per heavy atom. The summed E-state index contributed by atoms with van der Waals surface area (Å²) in [6.45, 7) is 12.0. The number of aliphatic carboxylic acids is 1. The van der Waals surface area contributed by atoms with E-state index in [1.165, 1.54) is 6.92 Å². The molecular weight excluding hydrogens is 691 g/mol. The fourth-order valence-electron chi connectivity index (χ4n) is 5.51. The molecule has 0 aliphatic rings. The molecule has 16 heteroatoms. The first-order chi connectivity index (χ1) is 24.5. The zero-order valence-electron chi connectivity index (χ0n) is 31.0. The Balaban J connectivity index is 2.38. The van der Waals surface area contributed by atoms with Gasteiger partial charge in [-0.1, -0.05) is 72.6 Å². The van der Waals surface area contributed by atoms with Crippen LogP contribution in [0.1, 0.15) is 73.3 Å². The van der Waals surface area contributed by atoms with Crippen LogP contribution in [-0.4, -0.2) is 94.0 Å². The van der Waals surface area contributed by atoms with Gasteiger partial charge in [0.05, 0.1) is 6.42 Å². The number of aromatic amines is 1. The van der Waals surface area contributed by atoms with Gasteiger partial charge in [0, 0.05) is 42.7 Å². The van der Waals surface area contributed by atoms with Crippen molar-refractivity contribution in [3.8, 4) is 0 Å². The average molecular weight is 746 g/mol. The number of hydrogen-bond acceptors (Lipinski definition) is 8. The summed E-state index contributed by atoms with van der Waals surface area (Å²) in [4.78, 5) is 93.6. The van der Waals surface area contributed by atoms with Crippen molar-refractivity contribution in [1.29, 1.82) is 0 Å². The van der Waals surface area contributed by atoms with Crippen molar-refractivity contribution in [2.24, 2.45) is 17.8 Å². The van der Waals surface area contributed by atoms with Crippen molar-refractivity contribution in [3.05, 3.63) is 36.0 Å². The molecule has 8 N–H and O–H groups in total. The van der Waals surface area contributed by atoms with Gasteiger partial charge in [0.15, 0.2) is 0 Å². The summed E-state index contributed by atoms with van der Waals surface area (Å²) in [7, 11) is 0. The van der Waals surface area contributed by atoms with Crippen LogP contribution >= 0.6 is 12.6 Å². The standard InChI is InChI=1S/C36H55N7O8S/c1-8-20(5)30(39-22(7)44)36(51)43-31(21(6)9-2)35(50)40-26(16-23-17-38-25-13-11-10-12-24(23)25)32(47)41-27(18-52)33(48)42-29(19(3)4)34(49)37-15-14-28(45)46/h10-13,17,19-21,26-27,29-31,38,52H,8-9,14-16,18H2,1-7H3,(H,37,49)(H,39,44)(H,40,50)(H,41,47)(H,42,48)(H,43,51)(H,45,46)/t20-,21-,26-,27-,29-,30-,31-/m0/s1. The van der Waals surface area contributed by atoms with Crippen LogP contribution in [0.5, 0.6) is 0 Å². The number of para-hydroxylation sites is 1. The first-order valence-corrected chi connectivity index (χ1v) is 18.3. The lowest BCUT2D eigenvalue weighted by Crippen LogP contribution is -2.61. The maximum Gasteiger partial charge on any atom is 0.305 e. The number of amides is 6.